The molecule has 0 unspecified atom stereocenters. The van der Waals surface area contributed by atoms with E-state index in [2.05, 4.69) is 42.5 Å². The third-order valence-corrected chi connectivity index (χ3v) is 3.46. The first-order valence-electron chi connectivity index (χ1n) is 4.91. The van der Waals surface area contributed by atoms with Gasteiger partial charge in [-0.3, -0.25) is 0 Å². The number of amides is 2. The summed E-state index contributed by atoms with van der Waals surface area (Å²) in [6, 6.07) is 2.53. The topological polar surface area (TPSA) is 98.7 Å². The Labute approximate surface area is 130 Å². The van der Waals surface area contributed by atoms with E-state index < -0.39 is 24.6 Å². The molecule has 1 aromatic carbocycles. The van der Waals surface area contributed by atoms with Crippen LogP contribution < -0.4 is 10.6 Å². The molecule has 0 aromatic heterocycles. The Balaban J connectivity index is 2.65. The van der Waals surface area contributed by atoms with Crippen molar-refractivity contribution >= 4 is 61.1 Å². The highest BCUT2D eigenvalue weighted by Gasteiger charge is 2.15. The van der Waals surface area contributed by atoms with Crippen LogP contribution in [-0.4, -0.2) is 34.9 Å². The summed E-state index contributed by atoms with van der Waals surface area (Å²) < 4.78 is 1.11. The Kier molecular flexibility index (Phi) is 6.05. The largest absolute Gasteiger partial charge is 0.479 e. The highest BCUT2D eigenvalue weighted by molar-refractivity contribution is 9.11. The number of hydrogen-bond donors (Lipinski definition) is 4. The zero-order valence-electron chi connectivity index (χ0n) is 9.28. The average Bonchev–Trinajstić information content (AvgIpc) is 2.30. The molecular formula is C10H9Br2ClN2O4. The van der Waals surface area contributed by atoms with E-state index in [0.717, 1.165) is 0 Å². The molecule has 0 aliphatic rings. The van der Waals surface area contributed by atoms with Gasteiger partial charge in [0, 0.05) is 14.0 Å². The van der Waals surface area contributed by atoms with Crippen molar-refractivity contribution in [3.05, 3.63) is 26.1 Å². The number of carboxylic acids is 1. The summed E-state index contributed by atoms with van der Waals surface area (Å²) in [6.45, 7) is -0.399. The van der Waals surface area contributed by atoms with Crippen LogP contribution in [0, 0.1) is 0 Å². The number of carboxylic acid groups (broad SMARTS) is 1. The Morgan fingerprint density at radius 2 is 1.84 bits per heavy atom. The predicted octanol–water partition coefficient (Wildman–Crippen LogP) is 2.43. The van der Waals surface area contributed by atoms with Crippen molar-refractivity contribution in [3.63, 3.8) is 0 Å². The van der Waals surface area contributed by atoms with Crippen LogP contribution >= 0.6 is 43.5 Å². The van der Waals surface area contributed by atoms with Gasteiger partial charge in [0.05, 0.1) is 12.2 Å². The molecule has 19 heavy (non-hydrogen) atoms. The van der Waals surface area contributed by atoms with Gasteiger partial charge in [0.2, 0.25) is 0 Å². The third kappa shape index (κ3) is 4.98. The number of aliphatic hydroxyl groups is 1. The lowest BCUT2D eigenvalue weighted by molar-refractivity contribution is -0.146. The number of carbonyl (C=O) groups is 2. The number of benzene rings is 1. The first-order valence-corrected chi connectivity index (χ1v) is 6.88. The lowest BCUT2D eigenvalue weighted by Gasteiger charge is -2.12. The number of rotatable bonds is 4. The van der Waals surface area contributed by atoms with Crippen molar-refractivity contribution in [3.8, 4) is 0 Å². The molecule has 0 heterocycles. The van der Waals surface area contributed by atoms with Gasteiger partial charge in [0.15, 0.2) is 6.10 Å². The molecule has 1 rings (SSSR count). The number of nitrogens with one attached hydrogen (secondary N) is 2. The molecule has 4 N–H and O–H groups in total. The summed E-state index contributed by atoms with van der Waals surface area (Å²) in [4.78, 5) is 21.9. The van der Waals surface area contributed by atoms with E-state index in [9.17, 15) is 9.59 Å². The van der Waals surface area contributed by atoms with E-state index in [1.165, 1.54) is 0 Å². The second kappa shape index (κ2) is 7.09. The van der Waals surface area contributed by atoms with E-state index in [4.69, 9.17) is 21.8 Å². The first kappa shape index (κ1) is 16.2. The molecule has 0 radical (unpaired) electrons. The van der Waals surface area contributed by atoms with Crippen LogP contribution in [0.2, 0.25) is 5.02 Å². The molecule has 0 aliphatic heterocycles. The number of aliphatic hydroxyl groups excluding tert-OH is 1. The highest BCUT2D eigenvalue weighted by atomic mass is 79.9. The average molecular weight is 416 g/mol. The molecular weight excluding hydrogens is 407 g/mol. The van der Waals surface area contributed by atoms with Gasteiger partial charge in [-0.05, 0) is 44.0 Å². The summed E-state index contributed by atoms with van der Waals surface area (Å²) in [5.41, 5.74) is 0.437. The fourth-order valence-corrected chi connectivity index (χ4v) is 2.96. The number of carbonyl (C=O) groups excluding carboxylic acids is 1. The van der Waals surface area contributed by atoms with E-state index >= 15 is 0 Å². The zero-order chi connectivity index (χ0) is 14.6. The SMILES string of the molecule is O=C(NC[C@H](O)C(=O)O)Nc1c(Br)cc(Cl)cc1Br. The molecule has 1 atom stereocenters. The number of aliphatic carboxylic acids is 1. The van der Waals surface area contributed by atoms with E-state index in [1.807, 2.05) is 0 Å². The third-order valence-electron chi connectivity index (χ3n) is 1.99. The summed E-state index contributed by atoms with van der Waals surface area (Å²) in [6.07, 6.45) is -1.65. The van der Waals surface area contributed by atoms with Gasteiger partial charge in [-0.25, -0.2) is 9.59 Å². The van der Waals surface area contributed by atoms with Crippen LogP contribution in [0.5, 0.6) is 0 Å². The van der Waals surface area contributed by atoms with Gasteiger partial charge < -0.3 is 20.8 Å². The zero-order valence-corrected chi connectivity index (χ0v) is 13.2. The van der Waals surface area contributed by atoms with Crippen molar-refractivity contribution in [1.82, 2.24) is 5.32 Å². The van der Waals surface area contributed by atoms with Crippen LogP contribution in [0.4, 0.5) is 10.5 Å². The summed E-state index contributed by atoms with van der Waals surface area (Å²) in [5, 5.41) is 22.7. The quantitative estimate of drug-likeness (QED) is 0.606. The number of anilines is 1. The molecule has 6 nitrogen and oxygen atoms in total. The first-order chi connectivity index (χ1) is 8.81. The van der Waals surface area contributed by atoms with E-state index in [1.54, 1.807) is 12.1 Å². The fourth-order valence-electron chi connectivity index (χ4n) is 1.10. The van der Waals surface area contributed by atoms with Crippen LogP contribution in [0.1, 0.15) is 0 Å². The second-order valence-electron chi connectivity index (χ2n) is 3.43. The maximum absolute atomic E-state index is 11.5. The number of urea groups is 1. The minimum absolute atomic E-state index is 0.399. The Morgan fingerprint density at radius 1 is 1.32 bits per heavy atom. The van der Waals surface area contributed by atoms with Gasteiger partial charge in [-0.2, -0.15) is 0 Å². The van der Waals surface area contributed by atoms with Crippen LogP contribution in [-0.2, 0) is 4.79 Å². The Hall–Kier alpha value is -0.830. The minimum atomic E-state index is -1.65. The summed E-state index contributed by atoms with van der Waals surface area (Å²) >= 11 is 12.3. The van der Waals surface area contributed by atoms with Gasteiger partial charge in [0.25, 0.3) is 0 Å². The molecule has 0 spiro atoms. The summed E-state index contributed by atoms with van der Waals surface area (Å²) in [7, 11) is 0. The number of hydrogen-bond acceptors (Lipinski definition) is 3. The summed E-state index contributed by atoms with van der Waals surface area (Å²) in [5.74, 6) is -1.41. The second-order valence-corrected chi connectivity index (χ2v) is 5.58. The lowest BCUT2D eigenvalue weighted by Crippen LogP contribution is -2.38. The fraction of sp³-hybridized carbons (Fsp3) is 0.200. The van der Waals surface area contributed by atoms with Crippen LogP contribution in [0.3, 0.4) is 0 Å². The number of halogens is 3. The van der Waals surface area contributed by atoms with Crippen molar-refractivity contribution < 1.29 is 19.8 Å². The van der Waals surface area contributed by atoms with Crippen LogP contribution in [0.15, 0.2) is 21.1 Å². The molecule has 0 aliphatic carbocycles. The smallest absolute Gasteiger partial charge is 0.334 e. The van der Waals surface area contributed by atoms with Gasteiger partial charge >= 0.3 is 12.0 Å². The Bertz CT molecular complexity index is 489. The highest BCUT2D eigenvalue weighted by Crippen LogP contribution is 2.34. The molecule has 104 valence electrons. The van der Waals surface area contributed by atoms with E-state index in [-0.39, 0.29) is 0 Å². The maximum Gasteiger partial charge on any atom is 0.334 e. The molecule has 0 fully saturated rings. The van der Waals surface area contributed by atoms with Crippen LogP contribution in [0.25, 0.3) is 0 Å². The van der Waals surface area contributed by atoms with Gasteiger partial charge in [-0.15, -0.1) is 0 Å². The Morgan fingerprint density at radius 3 is 2.32 bits per heavy atom. The predicted molar refractivity (Wildman–Crippen MR) is 77.5 cm³/mol. The van der Waals surface area contributed by atoms with E-state index in [0.29, 0.717) is 19.7 Å². The monoisotopic (exact) mass is 414 g/mol. The van der Waals surface area contributed by atoms with Gasteiger partial charge in [0.1, 0.15) is 0 Å². The standard InChI is InChI=1S/C10H9Br2ClN2O4/c11-5-1-4(13)2-6(12)8(5)15-10(19)14-3-7(16)9(17)18/h1-2,7,16H,3H2,(H,17,18)(H2,14,15,19)/t7-/m0/s1. The van der Waals surface area contributed by atoms with Crippen molar-refractivity contribution in [1.29, 1.82) is 0 Å². The van der Waals surface area contributed by atoms with Crippen molar-refractivity contribution in [2.45, 2.75) is 6.10 Å². The molecule has 1 aromatic rings. The molecule has 0 saturated carbocycles. The molecule has 0 bridgehead atoms. The molecule has 9 heteroatoms. The van der Waals surface area contributed by atoms with Crippen molar-refractivity contribution in [2.75, 3.05) is 11.9 Å². The lowest BCUT2D eigenvalue weighted by atomic mass is 10.3. The maximum atomic E-state index is 11.5. The molecule has 0 saturated heterocycles. The van der Waals surface area contributed by atoms with Crippen molar-refractivity contribution in [2.24, 2.45) is 0 Å². The normalized spacial score (nSPS) is 11.8. The minimum Gasteiger partial charge on any atom is -0.479 e. The molecule has 2 amide bonds. The van der Waals surface area contributed by atoms with Gasteiger partial charge in [-0.1, -0.05) is 11.6 Å².